The SMILES string of the molecule is CCCC(=O)CN(CCN(C)C)CC(C)C. The molecule has 3 heteroatoms. The van der Waals surface area contributed by atoms with Crippen molar-refractivity contribution in [1.82, 2.24) is 9.80 Å². The Morgan fingerprint density at radius 1 is 1.19 bits per heavy atom. The number of hydrogen-bond donors (Lipinski definition) is 0. The zero-order valence-corrected chi connectivity index (χ0v) is 11.6. The maximum absolute atomic E-state index is 11.6. The molecule has 0 heterocycles. The smallest absolute Gasteiger partial charge is 0.146 e. The third-order valence-corrected chi connectivity index (χ3v) is 2.42. The summed E-state index contributed by atoms with van der Waals surface area (Å²) in [5.41, 5.74) is 0. The first-order valence-corrected chi connectivity index (χ1v) is 6.34. The van der Waals surface area contributed by atoms with Crippen LogP contribution in [0.3, 0.4) is 0 Å². The van der Waals surface area contributed by atoms with Gasteiger partial charge < -0.3 is 4.90 Å². The average molecular weight is 228 g/mol. The van der Waals surface area contributed by atoms with Gasteiger partial charge in [-0.15, -0.1) is 0 Å². The lowest BCUT2D eigenvalue weighted by molar-refractivity contribution is -0.120. The van der Waals surface area contributed by atoms with E-state index in [0.29, 0.717) is 18.2 Å². The van der Waals surface area contributed by atoms with Crippen LogP contribution < -0.4 is 0 Å². The Hall–Kier alpha value is -0.410. The van der Waals surface area contributed by atoms with Crippen LogP contribution in [0.25, 0.3) is 0 Å². The van der Waals surface area contributed by atoms with Crippen LogP contribution in [0.4, 0.5) is 0 Å². The molecule has 0 unspecified atom stereocenters. The first-order chi connectivity index (χ1) is 7.45. The second-order valence-corrected chi connectivity index (χ2v) is 5.22. The Labute approximate surface area is 101 Å². The average Bonchev–Trinajstić information content (AvgIpc) is 2.13. The first-order valence-electron chi connectivity index (χ1n) is 6.34. The minimum absolute atomic E-state index is 0.377. The van der Waals surface area contributed by atoms with Crippen LogP contribution in [0, 0.1) is 5.92 Å². The quantitative estimate of drug-likeness (QED) is 0.602. The molecule has 0 saturated carbocycles. The van der Waals surface area contributed by atoms with Crippen LogP contribution in [0.15, 0.2) is 0 Å². The lowest BCUT2D eigenvalue weighted by atomic mass is 10.1. The van der Waals surface area contributed by atoms with Crippen molar-refractivity contribution >= 4 is 5.78 Å². The molecule has 0 bridgehead atoms. The Balaban J connectivity index is 4.03. The van der Waals surface area contributed by atoms with Crippen molar-refractivity contribution in [2.75, 3.05) is 40.3 Å². The number of nitrogens with zero attached hydrogens (tertiary/aromatic N) is 2. The van der Waals surface area contributed by atoms with Crippen molar-refractivity contribution in [3.8, 4) is 0 Å². The number of carbonyl (C=O) groups excluding carboxylic acids is 1. The van der Waals surface area contributed by atoms with Gasteiger partial charge in [0.1, 0.15) is 5.78 Å². The van der Waals surface area contributed by atoms with E-state index in [1.165, 1.54) is 0 Å². The Bertz CT molecular complexity index is 190. The highest BCUT2D eigenvalue weighted by molar-refractivity contribution is 5.80. The maximum Gasteiger partial charge on any atom is 0.146 e. The van der Waals surface area contributed by atoms with E-state index in [4.69, 9.17) is 0 Å². The minimum atomic E-state index is 0.377. The van der Waals surface area contributed by atoms with Crippen LogP contribution in [0.1, 0.15) is 33.6 Å². The molecule has 0 fully saturated rings. The number of rotatable bonds is 9. The summed E-state index contributed by atoms with van der Waals surface area (Å²) in [4.78, 5) is 16.1. The van der Waals surface area contributed by atoms with E-state index < -0.39 is 0 Å². The van der Waals surface area contributed by atoms with E-state index in [1.54, 1.807) is 0 Å². The summed E-state index contributed by atoms with van der Waals surface area (Å²) >= 11 is 0. The molecule has 0 aromatic carbocycles. The van der Waals surface area contributed by atoms with Gasteiger partial charge in [-0.05, 0) is 26.4 Å². The fraction of sp³-hybridized carbons (Fsp3) is 0.923. The fourth-order valence-corrected chi connectivity index (χ4v) is 1.70. The summed E-state index contributed by atoms with van der Waals surface area (Å²) in [6.07, 6.45) is 1.68. The Kier molecular flexibility index (Phi) is 8.49. The van der Waals surface area contributed by atoms with Gasteiger partial charge in [-0.2, -0.15) is 0 Å². The molecule has 0 amide bonds. The largest absolute Gasteiger partial charge is 0.308 e. The van der Waals surface area contributed by atoms with Crippen LogP contribution in [0.5, 0.6) is 0 Å². The molecule has 0 atom stereocenters. The fourth-order valence-electron chi connectivity index (χ4n) is 1.70. The number of carbonyl (C=O) groups is 1. The summed E-state index contributed by atoms with van der Waals surface area (Å²) in [6.45, 7) is 10.1. The monoisotopic (exact) mass is 228 g/mol. The van der Waals surface area contributed by atoms with Crippen LogP contribution in [-0.2, 0) is 4.79 Å². The second-order valence-electron chi connectivity index (χ2n) is 5.22. The lowest BCUT2D eigenvalue weighted by Gasteiger charge is -2.25. The van der Waals surface area contributed by atoms with Gasteiger partial charge in [-0.1, -0.05) is 20.8 Å². The maximum atomic E-state index is 11.6. The molecule has 0 N–H and O–H groups in total. The van der Waals surface area contributed by atoms with E-state index >= 15 is 0 Å². The van der Waals surface area contributed by atoms with Gasteiger partial charge in [0.2, 0.25) is 0 Å². The van der Waals surface area contributed by atoms with Gasteiger partial charge in [-0.3, -0.25) is 9.69 Å². The zero-order chi connectivity index (χ0) is 12.6. The summed E-state index contributed by atoms with van der Waals surface area (Å²) in [6, 6.07) is 0. The van der Waals surface area contributed by atoms with Gasteiger partial charge in [0.15, 0.2) is 0 Å². The van der Waals surface area contributed by atoms with Crippen LogP contribution in [-0.4, -0.2) is 55.9 Å². The van der Waals surface area contributed by atoms with Gasteiger partial charge in [-0.25, -0.2) is 0 Å². The highest BCUT2D eigenvalue weighted by atomic mass is 16.1. The molecule has 0 aliphatic heterocycles. The highest BCUT2D eigenvalue weighted by Crippen LogP contribution is 2.01. The molecule has 0 saturated heterocycles. The van der Waals surface area contributed by atoms with Crippen molar-refractivity contribution in [2.45, 2.75) is 33.6 Å². The summed E-state index contributed by atoms with van der Waals surface area (Å²) in [5.74, 6) is 0.999. The van der Waals surface area contributed by atoms with Crippen LogP contribution >= 0.6 is 0 Å². The third kappa shape index (κ3) is 8.86. The predicted molar refractivity (Wildman–Crippen MR) is 69.7 cm³/mol. The van der Waals surface area contributed by atoms with Gasteiger partial charge in [0, 0.05) is 26.1 Å². The molecule has 3 nitrogen and oxygen atoms in total. The zero-order valence-electron chi connectivity index (χ0n) is 11.6. The number of Topliss-reactive ketones (excluding diaryl/α,β-unsaturated/α-hetero) is 1. The van der Waals surface area contributed by atoms with Crippen molar-refractivity contribution in [3.63, 3.8) is 0 Å². The number of likely N-dealkylation sites (N-methyl/N-ethyl adjacent to an activating group) is 1. The topological polar surface area (TPSA) is 23.6 Å². The summed E-state index contributed by atoms with van der Waals surface area (Å²) in [7, 11) is 4.14. The van der Waals surface area contributed by atoms with E-state index in [9.17, 15) is 4.79 Å². The molecule has 0 aromatic rings. The van der Waals surface area contributed by atoms with Gasteiger partial charge >= 0.3 is 0 Å². The van der Waals surface area contributed by atoms with E-state index in [1.807, 2.05) is 0 Å². The molecule has 0 aliphatic rings. The summed E-state index contributed by atoms with van der Waals surface area (Å²) in [5, 5.41) is 0. The molecular formula is C13H28N2O. The minimum Gasteiger partial charge on any atom is -0.308 e. The molecule has 0 aliphatic carbocycles. The Morgan fingerprint density at radius 3 is 2.25 bits per heavy atom. The first kappa shape index (κ1) is 15.6. The van der Waals surface area contributed by atoms with Crippen molar-refractivity contribution < 1.29 is 4.79 Å². The van der Waals surface area contributed by atoms with E-state index in [-0.39, 0.29) is 0 Å². The standard InChI is InChI=1S/C13H28N2O/c1-6-7-13(16)11-15(10-12(2)3)9-8-14(4)5/h12H,6-11H2,1-5H3. The molecular weight excluding hydrogens is 200 g/mol. The third-order valence-electron chi connectivity index (χ3n) is 2.42. The van der Waals surface area contributed by atoms with Gasteiger partial charge in [0.05, 0.1) is 6.54 Å². The number of ketones is 1. The van der Waals surface area contributed by atoms with E-state index in [2.05, 4.69) is 44.7 Å². The predicted octanol–water partition coefficient (Wildman–Crippen LogP) is 1.88. The van der Waals surface area contributed by atoms with Crippen molar-refractivity contribution in [1.29, 1.82) is 0 Å². The number of hydrogen-bond acceptors (Lipinski definition) is 3. The second kappa shape index (κ2) is 8.71. The molecule has 16 heavy (non-hydrogen) atoms. The molecule has 0 rings (SSSR count). The summed E-state index contributed by atoms with van der Waals surface area (Å²) < 4.78 is 0. The Morgan fingerprint density at radius 2 is 1.81 bits per heavy atom. The molecule has 0 radical (unpaired) electrons. The normalized spacial score (nSPS) is 11.8. The molecule has 0 spiro atoms. The lowest BCUT2D eigenvalue weighted by Crippen LogP contribution is -2.37. The van der Waals surface area contributed by atoms with Crippen LogP contribution in [0.2, 0.25) is 0 Å². The molecule has 96 valence electrons. The molecule has 0 aromatic heterocycles. The van der Waals surface area contributed by atoms with Crippen molar-refractivity contribution in [3.05, 3.63) is 0 Å². The van der Waals surface area contributed by atoms with Gasteiger partial charge in [0.25, 0.3) is 0 Å². The highest BCUT2D eigenvalue weighted by Gasteiger charge is 2.11. The van der Waals surface area contributed by atoms with E-state index in [0.717, 1.165) is 32.5 Å². The van der Waals surface area contributed by atoms with Crippen molar-refractivity contribution in [2.24, 2.45) is 5.92 Å².